The maximum atomic E-state index is 12.0. The van der Waals surface area contributed by atoms with Gasteiger partial charge >= 0.3 is 5.97 Å². The topological polar surface area (TPSA) is 74.7 Å². The number of nitrogens with zero attached hydrogens (tertiary/aromatic N) is 1. The van der Waals surface area contributed by atoms with Crippen LogP contribution in [0.4, 0.5) is 5.69 Å². The molecule has 0 aliphatic carbocycles. The van der Waals surface area contributed by atoms with Gasteiger partial charge in [-0.3, -0.25) is 0 Å². The highest BCUT2D eigenvalue weighted by atomic mass is 32.2. The summed E-state index contributed by atoms with van der Waals surface area (Å²) in [5.74, 6) is -0.914. The van der Waals surface area contributed by atoms with Gasteiger partial charge in [0.05, 0.1) is 10.6 Å². The molecule has 1 N–H and O–H groups in total. The van der Waals surface area contributed by atoms with Crippen molar-refractivity contribution >= 4 is 21.5 Å². The van der Waals surface area contributed by atoms with E-state index in [0.717, 1.165) is 19.1 Å². The van der Waals surface area contributed by atoms with Crippen LogP contribution in [0, 0.1) is 5.41 Å². The first-order valence-corrected chi connectivity index (χ1v) is 8.82. The van der Waals surface area contributed by atoms with Gasteiger partial charge in [-0.2, -0.15) is 0 Å². The molecule has 0 radical (unpaired) electrons. The van der Waals surface area contributed by atoms with E-state index in [0.29, 0.717) is 12.2 Å². The van der Waals surface area contributed by atoms with Gasteiger partial charge in [-0.25, -0.2) is 13.2 Å². The smallest absolute Gasteiger partial charge is 0.326 e. The van der Waals surface area contributed by atoms with Crippen LogP contribution in [-0.2, 0) is 14.6 Å². The zero-order valence-electron chi connectivity index (χ0n) is 12.5. The van der Waals surface area contributed by atoms with Crippen molar-refractivity contribution in [1.82, 2.24) is 0 Å². The van der Waals surface area contributed by atoms with E-state index < -0.39 is 27.3 Å². The van der Waals surface area contributed by atoms with Gasteiger partial charge in [-0.1, -0.05) is 26.0 Å². The number of sulfone groups is 1. The summed E-state index contributed by atoms with van der Waals surface area (Å²) >= 11 is 0. The van der Waals surface area contributed by atoms with Crippen molar-refractivity contribution in [3.8, 4) is 0 Å². The summed E-state index contributed by atoms with van der Waals surface area (Å²) in [7, 11) is -3.40. The van der Waals surface area contributed by atoms with E-state index >= 15 is 0 Å². The van der Waals surface area contributed by atoms with E-state index in [4.69, 9.17) is 0 Å². The molecule has 1 unspecified atom stereocenters. The van der Waals surface area contributed by atoms with Gasteiger partial charge in [-0.05, 0) is 30.4 Å². The third kappa shape index (κ3) is 3.05. The fraction of sp³-hybridized carbons (Fsp3) is 0.533. The molecule has 1 atom stereocenters. The number of aliphatic carboxylic acids is 1. The van der Waals surface area contributed by atoms with Gasteiger partial charge in [0.15, 0.2) is 9.84 Å². The van der Waals surface area contributed by atoms with Crippen molar-refractivity contribution in [2.24, 2.45) is 5.41 Å². The summed E-state index contributed by atoms with van der Waals surface area (Å²) in [6.07, 6.45) is 2.80. The van der Waals surface area contributed by atoms with Crippen LogP contribution in [0.25, 0.3) is 0 Å². The average Bonchev–Trinajstić information content (AvgIpc) is 2.35. The Kier molecular flexibility index (Phi) is 4.02. The molecule has 116 valence electrons. The minimum atomic E-state index is -3.40. The number of anilines is 1. The van der Waals surface area contributed by atoms with Crippen molar-refractivity contribution < 1.29 is 18.3 Å². The molecule has 0 bridgehead atoms. The number of hydrogen-bond acceptors (Lipinski definition) is 4. The largest absolute Gasteiger partial charge is 0.480 e. The maximum Gasteiger partial charge on any atom is 0.326 e. The summed E-state index contributed by atoms with van der Waals surface area (Å²) in [5.41, 5.74) is 0.0782. The van der Waals surface area contributed by atoms with E-state index in [9.17, 15) is 18.3 Å². The van der Waals surface area contributed by atoms with Crippen LogP contribution in [0.1, 0.15) is 26.7 Å². The van der Waals surface area contributed by atoms with Crippen molar-refractivity contribution in [3.63, 3.8) is 0 Å². The fourth-order valence-corrected chi connectivity index (χ4v) is 4.02. The Morgan fingerprint density at radius 1 is 1.33 bits per heavy atom. The van der Waals surface area contributed by atoms with Crippen molar-refractivity contribution in [2.75, 3.05) is 17.7 Å². The molecule has 21 heavy (non-hydrogen) atoms. The minimum Gasteiger partial charge on any atom is -0.480 e. The van der Waals surface area contributed by atoms with E-state index in [1.807, 2.05) is 13.8 Å². The second kappa shape index (κ2) is 5.33. The van der Waals surface area contributed by atoms with Gasteiger partial charge in [0.25, 0.3) is 0 Å². The Morgan fingerprint density at radius 3 is 2.52 bits per heavy atom. The zero-order valence-corrected chi connectivity index (χ0v) is 13.4. The Hall–Kier alpha value is -1.56. The van der Waals surface area contributed by atoms with E-state index in [-0.39, 0.29) is 4.90 Å². The summed E-state index contributed by atoms with van der Waals surface area (Å²) in [4.78, 5) is 13.6. The minimum absolute atomic E-state index is 0.189. The van der Waals surface area contributed by atoms with Gasteiger partial charge in [0, 0.05) is 12.8 Å². The molecular formula is C15H21NO4S. The van der Waals surface area contributed by atoms with Gasteiger partial charge in [-0.15, -0.1) is 0 Å². The molecule has 1 aromatic carbocycles. The molecule has 6 heteroatoms. The lowest BCUT2D eigenvalue weighted by Gasteiger charge is -2.45. The number of carbonyl (C=O) groups is 1. The summed E-state index contributed by atoms with van der Waals surface area (Å²) in [6, 6.07) is 5.89. The van der Waals surface area contributed by atoms with Crippen LogP contribution in [-0.4, -0.2) is 38.3 Å². The Morgan fingerprint density at radius 2 is 1.95 bits per heavy atom. The lowest BCUT2D eigenvalue weighted by Crippen LogP contribution is -2.54. The molecular weight excluding hydrogens is 290 g/mol. The molecule has 2 rings (SSSR count). The number of carboxylic acid groups (broad SMARTS) is 1. The monoisotopic (exact) mass is 311 g/mol. The van der Waals surface area contributed by atoms with Crippen molar-refractivity contribution in [2.45, 2.75) is 37.6 Å². The third-order valence-electron chi connectivity index (χ3n) is 4.08. The highest BCUT2D eigenvalue weighted by Gasteiger charge is 2.43. The number of carboxylic acids is 1. The standard InChI is InChI=1S/C15H21NO4S/c1-15(2)9-6-10-16(13(15)14(17)18)11-7-4-5-8-12(11)21(3,19)20/h4-5,7-8,13H,6,9-10H2,1-3H3,(H,17,18). The van der Waals surface area contributed by atoms with Crippen LogP contribution in [0.3, 0.4) is 0 Å². The Bertz CT molecular complexity index is 651. The predicted octanol–water partition coefficient (Wildman–Crippen LogP) is 2.17. The number of piperidine rings is 1. The lowest BCUT2D eigenvalue weighted by atomic mass is 9.76. The lowest BCUT2D eigenvalue weighted by molar-refractivity contribution is -0.142. The highest BCUT2D eigenvalue weighted by Crippen LogP contribution is 2.39. The highest BCUT2D eigenvalue weighted by molar-refractivity contribution is 7.90. The molecule has 5 nitrogen and oxygen atoms in total. The molecule has 0 saturated carbocycles. The number of benzene rings is 1. The zero-order chi connectivity index (χ0) is 15.8. The molecule has 1 heterocycles. The average molecular weight is 311 g/mol. The molecule has 1 saturated heterocycles. The normalized spacial score (nSPS) is 22.0. The summed E-state index contributed by atoms with van der Waals surface area (Å²) in [6.45, 7) is 4.38. The molecule has 1 aliphatic rings. The second-order valence-corrected chi connectivity index (χ2v) is 8.25. The van der Waals surface area contributed by atoms with Gasteiger partial charge < -0.3 is 10.0 Å². The second-order valence-electron chi connectivity index (χ2n) is 6.27. The first-order chi connectivity index (χ1) is 9.64. The van der Waals surface area contributed by atoms with Crippen LogP contribution >= 0.6 is 0 Å². The van der Waals surface area contributed by atoms with Crippen molar-refractivity contribution in [1.29, 1.82) is 0 Å². The Balaban J connectivity index is 2.57. The first-order valence-electron chi connectivity index (χ1n) is 6.93. The number of para-hydroxylation sites is 1. The van der Waals surface area contributed by atoms with Crippen molar-refractivity contribution in [3.05, 3.63) is 24.3 Å². The van der Waals surface area contributed by atoms with E-state index in [2.05, 4.69) is 0 Å². The van der Waals surface area contributed by atoms with E-state index in [1.54, 1.807) is 23.1 Å². The van der Waals surface area contributed by atoms with Crippen LogP contribution in [0.5, 0.6) is 0 Å². The molecule has 1 aromatic rings. The van der Waals surface area contributed by atoms with Crippen LogP contribution in [0.15, 0.2) is 29.2 Å². The molecule has 0 aromatic heterocycles. The number of rotatable bonds is 3. The molecule has 1 fully saturated rings. The van der Waals surface area contributed by atoms with E-state index in [1.165, 1.54) is 6.07 Å². The van der Waals surface area contributed by atoms with Crippen LogP contribution in [0.2, 0.25) is 0 Å². The van der Waals surface area contributed by atoms with Gasteiger partial charge in [0.1, 0.15) is 6.04 Å². The SMILES string of the molecule is CC1(C)CCCN(c2ccccc2S(C)(=O)=O)C1C(=O)O. The summed E-state index contributed by atoms with van der Waals surface area (Å²) < 4.78 is 23.9. The molecule has 0 amide bonds. The first kappa shape index (κ1) is 15.8. The third-order valence-corrected chi connectivity index (χ3v) is 5.22. The Labute approximate surface area is 125 Å². The summed E-state index contributed by atoms with van der Waals surface area (Å²) in [5, 5.41) is 9.61. The molecule has 1 aliphatic heterocycles. The van der Waals surface area contributed by atoms with Gasteiger partial charge in [0.2, 0.25) is 0 Å². The molecule has 0 spiro atoms. The van der Waals surface area contributed by atoms with Crippen LogP contribution < -0.4 is 4.90 Å². The predicted molar refractivity (Wildman–Crippen MR) is 81.3 cm³/mol. The quantitative estimate of drug-likeness (QED) is 0.926. The number of hydrogen-bond donors (Lipinski definition) is 1. The maximum absolute atomic E-state index is 12.0. The fourth-order valence-electron chi connectivity index (χ4n) is 3.13.